The number of amides is 2. The molecule has 0 spiro atoms. The van der Waals surface area contributed by atoms with Gasteiger partial charge in [0.15, 0.2) is 0 Å². The second-order valence-corrected chi connectivity index (χ2v) is 7.41. The minimum atomic E-state index is -0.543. The van der Waals surface area contributed by atoms with E-state index in [2.05, 4.69) is 15.9 Å². The third-order valence-electron chi connectivity index (χ3n) is 3.38. The van der Waals surface area contributed by atoms with Crippen molar-refractivity contribution in [2.24, 2.45) is 0 Å². The molecule has 108 valence electrons. The smallest absolute Gasteiger partial charge is 0.253 e. The highest BCUT2D eigenvalue weighted by Gasteiger charge is 2.32. The summed E-state index contributed by atoms with van der Waals surface area (Å²) in [7, 11) is 0. The Bertz CT molecular complexity index is 488. The molecular formula is C15H19BrN2O2. The van der Waals surface area contributed by atoms with E-state index in [4.69, 9.17) is 0 Å². The molecule has 0 atom stereocenters. The van der Waals surface area contributed by atoms with Crippen LogP contribution in [0.1, 0.15) is 24.2 Å². The zero-order valence-electron chi connectivity index (χ0n) is 11.8. The van der Waals surface area contributed by atoms with Crippen molar-refractivity contribution in [1.82, 2.24) is 9.80 Å². The molecular weight excluding hydrogens is 320 g/mol. The highest BCUT2D eigenvalue weighted by atomic mass is 79.9. The average molecular weight is 339 g/mol. The molecule has 4 nitrogen and oxygen atoms in total. The van der Waals surface area contributed by atoms with Gasteiger partial charge in [-0.2, -0.15) is 0 Å². The Morgan fingerprint density at radius 3 is 2.00 bits per heavy atom. The van der Waals surface area contributed by atoms with Crippen molar-refractivity contribution in [1.29, 1.82) is 0 Å². The fraction of sp³-hybridized carbons (Fsp3) is 0.467. The number of hydrogen-bond acceptors (Lipinski definition) is 2. The van der Waals surface area contributed by atoms with Gasteiger partial charge >= 0.3 is 0 Å². The number of benzene rings is 1. The summed E-state index contributed by atoms with van der Waals surface area (Å²) in [5.74, 6) is 0.111. The Kier molecular flexibility index (Phi) is 4.48. The summed E-state index contributed by atoms with van der Waals surface area (Å²) in [6.45, 7) is 6.04. The van der Waals surface area contributed by atoms with Gasteiger partial charge in [0.05, 0.1) is 4.32 Å². The zero-order valence-corrected chi connectivity index (χ0v) is 13.4. The van der Waals surface area contributed by atoms with Crippen LogP contribution in [0.4, 0.5) is 0 Å². The lowest BCUT2D eigenvalue weighted by Crippen LogP contribution is -2.53. The third kappa shape index (κ3) is 3.39. The summed E-state index contributed by atoms with van der Waals surface area (Å²) in [4.78, 5) is 28.0. The molecule has 1 heterocycles. The van der Waals surface area contributed by atoms with E-state index in [1.54, 1.807) is 4.90 Å². The van der Waals surface area contributed by atoms with Crippen LogP contribution in [-0.2, 0) is 4.79 Å². The second-order valence-electron chi connectivity index (χ2n) is 5.42. The van der Waals surface area contributed by atoms with Gasteiger partial charge in [0, 0.05) is 31.7 Å². The molecule has 0 aliphatic carbocycles. The minimum absolute atomic E-state index is 0.0378. The quantitative estimate of drug-likeness (QED) is 0.775. The molecule has 1 aromatic carbocycles. The lowest BCUT2D eigenvalue weighted by molar-refractivity contribution is -0.134. The Hall–Kier alpha value is -1.36. The normalized spacial score (nSPS) is 16.1. The summed E-state index contributed by atoms with van der Waals surface area (Å²) in [6.07, 6.45) is 0. The van der Waals surface area contributed by atoms with Crippen LogP contribution in [0.25, 0.3) is 0 Å². The molecule has 1 aliphatic rings. The molecule has 0 radical (unpaired) electrons. The number of halogens is 1. The van der Waals surface area contributed by atoms with E-state index in [-0.39, 0.29) is 11.8 Å². The lowest BCUT2D eigenvalue weighted by atomic mass is 10.1. The van der Waals surface area contributed by atoms with Crippen molar-refractivity contribution in [3.63, 3.8) is 0 Å². The first-order valence-electron chi connectivity index (χ1n) is 6.72. The molecule has 1 aliphatic heterocycles. The second kappa shape index (κ2) is 5.95. The van der Waals surface area contributed by atoms with Gasteiger partial charge in [-0.25, -0.2) is 0 Å². The van der Waals surface area contributed by atoms with Crippen LogP contribution in [0.2, 0.25) is 0 Å². The van der Waals surface area contributed by atoms with E-state index in [9.17, 15) is 9.59 Å². The van der Waals surface area contributed by atoms with Crippen molar-refractivity contribution >= 4 is 27.7 Å². The van der Waals surface area contributed by atoms with E-state index in [1.165, 1.54) is 0 Å². The number of alkyl halides is 1. The van der Waals surface area contributed by atoms with Gasteiger partial charge in [-0.1, -0.05) is 34.1 Å². The van der Waals surface area contributed by atoms with Gasteiger partial charge < -0.3 is 9.80 Å². The topological polar surface area (TPSA) is 40.6 Å². The Morgan fingerprint density at radius 1 is 1.00 bits per heavy atom. The number of hydrogen-bond donors (Lipinski definition) is 0. The Labute approximate surface area is 127 Å². The largest absolute Gasteiger partial charge is 0.338 e. The fourth-order valence-electron chi connectivity index (χ4n) is 2.25. The van der Waals surface area contributed by atoms with Crippen molar-refractivity contribution in [2.45, 2.75) is 18.2 Å². The lowest BCUT2D eigenvalue weighted by Gasteiger charge is -2.37. The van der Waals surface area contributed by atoms with Crippen LogP contribution in [0.3, 0.4) is 0 Å². The van der Waals surface area contributed by atoms with Gasteiger partial charge in [0.1, 0.15) is 0 Å². The third-order valence-corrected chi connectivity index (χ3v) is 3.72. The van der Waals surface area contributed by atoms with Gasteiger partial charge in [-0.3, -0.25) is 9.59 Å². The molecule has 20 heavy (non-hydrogen) atoms. The van der Waals surface area contributed by atoms with E-state index in [1.807, 2.05) is 49.1 Å². The molecule has 0 N–H and O–H groups in total. The summed E-state index contributed by atoms with van der Waals surface area (Å²) >= 11 is 3.39. The maximum Gasteiger partial charge on any atom is 0.253 e. The molecule has 0 aromatic heterocycles. The minimum Gasteiger partial charge on any atom is -0.338 e. The summed E-state index contributed by atoms with van der Waals surface area (Å²) in [5, 5.41) is 0. The van der Waals surface area contributed by atoms with E-state index in [0.29, 0.717) is 31.7 Å². The van der Waals surface area contributed by atoms with E-state index in [0.717, 1.165) is 0 Å². The molecule has 1 saturated heterocycles. The van der Waals surface area contributed by atoms with Crippen molar-refractivity contribution in [3.8, 4) is 0 Å². The summed E-state index contributed by atoms with van der Waals surface area (Å²) < 4.78 is -0.543. The summed E-state index contributed by atoms with van der Waals surface area (Å²) in [6, 6.07) is 9.26. The van der Waals surface area contributed by atoms with Crippen LogP contribution in [0.15, 0.2) is 30.3 Å². The van der Waals surface area contributed by atoms with E-state index < -0.39 is 4.32 Å². The number of carbonyl (C=O) groups excluding carboxylic acids is 2. The number of carbonyl (C=O) groups is 2. The molecule has 5 heteroatoms. The van der Waals surface area contributed by atoms with Crippen LogP contribution in [-0.4, -0.2) is 52.1 Å². The first-order chi connectivity index (χ1) is 9.39. The summed E-state index contributed by atoms with van der Waals surface area (Å²) in [5.41, 5.74) is 0.702. The molecule has 1 aromatic rings. The predicted molar refractivity (Wildman–Crippen MR) is 81.9 cm³/mol. The zero-order chi connectivity index (χ0) is 14.8. The Balaban J connectivity index is 1.95. The van der Waals surface area contributed by atoms with Crippen LogP contribution >= 0.6 is 15.9 Å². The highest BCUT2D eigenvalue weighted by Crippen LogP contribution is 2.20. The average Bonchev–Trinajstić information content (AvgIpc) is 2.46. The predicted octanol–water partition coefficient (Wildman–Crippen LogP) is 2.14. The standard InChI is InChI=1S/C15H19BrN2O2/c1-15(2,16)14(20)18-10-8-17(9-11-18)13(19)12-6-4-3-5-7-12/h3-7H,8-11H2,1-2H3. The maximum absolute atomic E-state index is 12.3. The van der Waals surface area contributed by atoms with Gasteiger partial charge in [0.25, 0.3) is 5.91 Å². The highest BCUT2D eigenvalue weighted by molar-refractivity contribution is 9.10. The van der Waals surface area contributed by atoms with Gasteiger partial charge in [0.2, 0.25) is 5.91 Å². The SMILES string of the molecule is CC(C)(Br)C(=O)N1CCN(C(=O)c2ccccc2)CC1. The Morgan fingerprint density at radius 2 is 1.50 bits per heavy atom. The molecule has 2 amide bonds. The number of nitrogens with zero attached hydrogens (tertiary/aromatic N) is 2. The first-order valence-corrected chi connectivity index (χ1v) is 7.51. The monoisotopic (exact) mass is 338 g/mol. The molecule has 0 unspecified atom stereocenters. The van der Waals surface area contributed by atoms with Crippen molar-refractivity contribution in [2.75, 3.05) is 26.2 Å². The van der Waals surface area contributed by atoms with Crippen LogP contribution in [0, 0.1) is 0 Å². The maximum atomic E-state index is 12.3. The molecule has 0 saturated carbocycles. The number of piperazine rings is 1. The van der Waals surface area contributed by atoms with Crippen LogP contribution < -0.4 is 0 Å². The van der Waals surface area contributed by atoms with Crippen LogP contribution in [0.5, 0.6) is 0 Å². The van der Waals surface area contributed by atoms with E-state index >= 15 is 0 Å². The molecule has 2 rings (SSSR count). The molecule has 0 bridgehead atoms. The van der Waals surface area contributed by atoms with Crippen molar-refractivity contribution < 1.29 is 9.59 Å². The van der Waals surface area contributed by atoms with Gasteiger partial charge in [-0.15, -0.1) is 0 Å². The van der Waals surface area contributed by atoms with Crippen molar-refractivity contribution in [3.05, 3.63) is 35.9 Å². The number of rotatable bonds is 2. The fourth-order valence-corrected chi connectivity index (χ4v) is 2.50. The molecule has 1 fully saturated rings. The van der Waals surface area contributed by atoms with Gasteiger partial charge in [-0.05, 0) is 26.0 Å². The first kappa shape index (κ1) is 15.0.